The lowest BCUT2D eigenvalue weighted by Gasteiger charge is -2.29. The van der Waals surface area contributed by atoms with Crippen molar-refractivity contribution in [2.75, 3.05) is 0 Å². The fourth-order valence-electron chi connectivity index (χ4n) is 2.66. The maximum absolute atomic E-state index is 11.8. The Morgan fingerprint density at radius 3 is 2.52 bits per heavy atom. The Labute approximate surface area is 125 Å². The Balaban J connectivity index is 3.17. The maximum atomic E-state index is 11.8. The second-order valence-corrected chi connectivity index (χ2v) is 5.54. The van der Waals surface area contributed by atoms with Crippen LogP contribution in [0.15, 0.2) is 18.2 Å². The Morgan fingerprint density at radius 1 is 1.38 bits per heavy atom. The van der Waals surface area contributed by atoms with E-state index in [2.05, 4.69) is 0 Å². The summed E-state index contributed by atoms with van der Waals surface area (Å²) < 4.78 is 0. The molecule has 1 aromatic rings. The molecule has 0 aliphatic rings. The van der Waals surface area contributed by atoms with Crippen molar-refractivity contribution in [1.29, 1.82) is 0 Å². The summed E-state index contributed by atoms with van der Waals surface area (Å²) in [4.78, 5) is 22.3. The number of unbranched alkanes of at least 4 members (excludes halogenated alkanes) is 1. The van der Waals surface area contributed by atoms with Crippen LogP contribution in [0.25, 0.3) is 0 Å². The molecule has 1 rings (SSSR count). The van der Waals surface area contributed by atoms with Crippen molar-refractivity contribution < 1.29 is 14.8 Å². The molecular formula is C16H23NO4. The molecule has 21 heavy (non-hydrogen) atoms. The summed E-state index contributed by atoms with van der Waals surface area (Å²) in [7, 11) is 0. The maximum Gasteiger partial charge on any atom is 0.309 e. The molecule has 5 heteroatoms. The summed E-state index contributed by atoms with van der Waals surface area (Å²) >= 11 is 0. The molecule has 0 bridgehead atoms. The highest BCUT2D eigenvalue weighted by atomic mass is 16.6. The lowest BCUT2D eigenvalue weighted by Crippen LogP contribution is -2.33. The zero-order valence-electron chi connectivity index (χ0n) is 12.9. The molecule has 0 fully saturated rings. The molecule has 116 valence electrons. The lowest BCUT2D eigenvalue weighted by atomic mass is 9.74. The van der Waals surface area contributed by atoms with Gasteiger partial charge < -0.3 is 5.11 Å². The third kappa shape index (κ3) is 3.80. The van der Waals surface area contributed by atoms with E-state index in [1.807, 2.05) is 13.8 Å². The first kappa shape index (κ1) is 17.1. The highest BCUT2D eigenvalue weighted by Crippen LogP contribution is 2.35. The fraction of sp³-hybridized carbons (Fsp3) is 0.562. The van der Waals surface area contributed by atoms with Gasteiger partial charge in [0.2, 0.25) is 0 Å². The van der Waals surface area contributed by atoms with Crippen LogP contribution in [0, 0.1) is 22.5 Å². The minimum Gasteiger partial charge on any atom is -0.481 e. The largest absolute Gasteiger partial charge is 0.481 e. The number of benzene rings is 1. The fourth-order valence-corrected chi connectivity index (χ4v) is 2.66. The predicted octanol–water partition coefficient (Wildman–Crippen LogP) is 4.12. The van der Waals surface area contributed by atoms with E-state index in [4.69, 9.17) is 0 Å². The molecule has 5 nitrogen and oxygen atoms in total. The monoisotopic (exact) mass is 293 g/mol. The molecule has 1 N–H and O–H groups in total. The molecule has 0 saturated heterocycles. The van der Waals surface area contributed by atoms with Gasteiger partial charge in [0.25, 0.3) is 5.69 Å². The molecule has 0 spiro atoms. The Bertz CT molecular complexity index is 527. The van der Waals surface area contributed by atoms with E-state index in [9.17, 15) is 20.0 Å². The summed E-state index contributed by atoms with van der Waals surface area (Å²) in [5.41, 5.74) is 0.539. The molecule has 0 aliphatic heterocycles. The molecule has 0 radical (unpaired) electrons. The highest BCUT2D eigenvalue weighted by molar-refractivity contribution is 5.75. The number of nitro benzene ring substituents is 1. The molecule has 1 atom stereocenters. The zero-order valence-corrected chi connectivity index (χ0v) is 12.9. The van der Waals surface area contributed by atoms with Crippen LogP contribution >= 0.6 is 0 Å². The van der Waals surface area contributed by atoms with Crippen molar-refractivity contribution in [3.05, 3.63) is 39.4 Å². The van der Waals surface area contributed by atoms with Crippen molar-refractivity contribution in [3.8, 4) is 0 Å². The number of nitrogens with zero attached hydrogens (tertiary/aromatic N) is 1. The van der Waals surface area contributed by atoms with E-state index in [-0.39, 0.29) is 5.69 Å². The number of hydrogen-bond acceptors (Lipinski definition) is 3. The molecule has 0 heterocycles. The van der Waals surface area contributed by atoms with Gasteiger partial charge in [-0.2, -0.15) is 0 Å². The second-order valence-electron chi connectivity index (χ2n) is 5.54. The van der Waals surface area contributed by atoms with Crippen LogP contribution in [0.1, 0.15) is 50.7 Å². The van der Waals surface area contributed by atoms with E-state index in [1.54, 1.807) is 19.1 Å². The van der Waals surface area contributed by atoms with E-state index in [0.29, 0.717) is 24.8 Å². The molecular weight excluding hydrogens is 270 g/mol. The first-order valence-electron chi connectivity index (χ1n) is 7.34. The van der Waals surface area contributed by atoms with Crippen molar-refractivity contribution in [1.82, 2.24) is 0 Å². The second kappa shape index (κ2) is 7.20. The number of aliphatic carboxylic acids is 1. The van der Waals surface area contributed by atoms with E-state index in [0.717, 1.165) is 18.4 Å². The summed E-state index contributed by atoms with van der Waals surface area (Å²) in [6.45, 7) is 5.59. The SMILES string of the molecule is CCCCC(CC)(Cc1cccc([N+](=O)[O-])c1C)C(=O)O. The van der Waals surface area contributed by atoms with Gasteiger partial charge in [-0.3, -0.25) is 14.9 Å². The third-order valence-electron chi connectivity index (χ3n) is 4.28. The summed E-state index contributed by atoms with van der Waals surface area (Å²) in [6.07, 6.45) is 3.23. The topological polar surface area (TPSA) is 80.4 Å². The number of hydrogen-bond donors (Lipinski definition) is 1. The summed E-state index contributed by atoms with van der Waals surface area (Å²) in [6, 6.07) is 4.88. The number of carboxylic acid groups (broad SMARTS) is 1. The van der Waals surface area contributed by atoms with Crippen molar-refractivity contribution in [2.24, 2.45) is 5.41 Å². The number of carboxylic acids is 1. The van der Waals surface area contributed by atoms with Gasteiger partial charge in [0.1, 0.15) is 0 Å². The molecule has 0 amide bonds. The standard InChI is InChI=1S/C16H23NO4/c1-4-6-10-16(5-2,15(18)19)11-13-8-7-9-14(12(13)3)17(20)21/h7-9H,4-6,10-11H2,1-3H3,(H,18,19). The van der Waals surface area contributed by atoms with Gasteiger partial charge in [0.05, 0.1) is 10.3 Å². The van der Waals surface area contributed by atoms with Crippen LogP contribution in [-0.4, -0.2) is 16.0 Å². The van der Waals surface area contributed by atoms with Gasteiger partial charge in [-0.15, -0.1) is 0 Å². The van der Waals surface area contributed by atoms with Crippen LogP contribution < -0.4 is 0 Å². The van der Waals surface area contributed by atoms with E-state index >= 15 is 0 Å². The average Bonchev–Trinajstić information content (AvgIpc) is 2.44. The summed E-state index contributed by atoms with van der Waals surface area (Å²) in [5, 5.41) is 20.7. The van der Waals surface area contributed by atoms with E-state index < -0.39 is 16.3 Å². The van der Waals surface area contributed by atoms with Gasteiger partial charge >= 0.3 is 5.97 Å². The Kier molecular flexibility index (Phi) is 5.88. The minimum absolute atomic E-state index is 0.0541. The van der Waals surface area contributed by atoms with Gasteiger partial charge in [-0.25, -0.2) is 0 Å². The van der Waals surface area contributed by atoms with Gasteiger partial charge in [0, 0.05) is 11.6 Å². The van der Waals surface area contributed by atoms with Crippen molar-refractivity contribution in [3.63, 3.8) is 0 Å². The van der Waals surface area contributed by atoms with Crippen LogP contribution in [0.4, 0.5) is 5.69 Å². The van der Waals surface area contributed by atoms with Gasteiger partial charge in [-0.1, -0.05) is 38.8 Å². The number of nitro groups is 1. The van der Waals surface area contributed by atoms with E-state index in [1.165, 1.54) is 6.07 Å². The summed E-state index contributed by atoms with van der Waals surface area (Å²) in [5.74, 6) is -0.815. The van der Waals surface area contributed by atoms with Crippen molar-refractivity contribution in [2.45, 2.75) is 52.9 Å². The van der Waals surface area contributed by atoms with Gasteiger partial charge in [0.15, 0.2) is 0 Å². The molecule has 1 unspecified atom stereocenters. The quantitative estimate of drug-likeness (QED) is 0.577. The smallest absolute Gasteiger partial charge is 0.309 e. The Hall–Kier alpha value is -1.91. The molecule has 0 aliphatic carbocycles. The lowest BCUT2D eigenvalue weighted by molar-refractivity contribution is -0.385. The van der Waals surface area contributed by atoms with Gasteiger partial charge in [-0.05, 0) is 31.7 Å². The number of carbonyl (C=O) groups is 1. The van der Waals surface area contributed by atoms with Crippen LogP contribution in [0.5, 0.6) is 0 Å². The van der Waals surface area contributed by atoms with Crippen molar-refractivity contribution >= 4 is 11.7 Å². The minimum atomic E-state index is -0.837. The normalized spacial score (nSPS) is 13.7. The zero-order chi connectivity index (χ0) is 16.0. The van der Waals surface area contributed by atoms with Crippen LogP contribution in [0.3, 0.4) is 0 Å². The highest BCUT2D eigenvalue weighted by Gasteiger charge is 2.37. The molecule has 0 saturated carbocycles. The van der Waals surface area contributed by atoms with Crippen LogP contribution in [-0.2, 0) is 11.2 Å². The Morgan fingerprint density at radius 2 is 2.05 bits per heavy atom. The third-order valence-corrected chi connectivity index (χ3v) is 4.28. The molecule has 1 aromatic carbocycles. The number of rotatable bonds is 8. The first-order chi connectivity index (χ1) is 9.88. The predicted molar refractivity (Wildman–Crippen MR) is 81.4 cm³/mol. The van der Waals surface area contributed by atoms with Crippen LogP contribution in [0.2, 0.25) is 0 Å². The first-order valence-corrected chi connectivity index (χ1v) is 7.34. The molecule has 0 aromatic heterocycles. The average molecular weight is 293 g/mol.